The number of aryl methyl sites for hydroxylation is 2. The molecule has 0 bridgehead atoms. The Morgan fingerprint density at radius 3 is 2.50 bits per heavy atom. The number of benzene rings is 1. The molecule has 18 heavy (non-hydrogen) atoms. The summed E-state index contributed by atoms with van der Waals surface area (Å²) in [5, 5.41) is 1.14. The first kappa shape index (κ1) is 13.2. The number of nitrogens with two attached hydrogens (primary N) is 1. The zero-order valence-electron chi connectivity index (χ0n) is 11.2. The van der Waals surface area contributed by atoms with Gasteiger partial charge in [0, 0.05) is 22.9 Å². The molecular formula is C15H20N2S. The smallest absolute Gasteiger partial charge is 0.0976 e. The number of nitrogens with zero attached hydrogens (tertiary/aromatic N) is 1. The standard InChI is InChI=1S/C15H20N2S/c1-4-12-5-7-13(8-6-12)14-11(3)18-15(17-14)10(2)9-16/h5-8,10H,4,9,16H2,1-3H3. The SMILES string of the molecule is CCc1ccc(-c2nc(C(C)CN)sc2C)cc1. The Balaban J connectivity index is 2.34. The fourth-order valence-electron chi connectivity index (χ4n) is 1.89. The number of hydrogen-bond acceptors (Lipinski definition) is 3. The zero-order valence-corrected chi connectivity index (χ0v) is 12.1. The van der Waals surface area contributed by atoms with Gasteiger partial charge in [0.15, 0.2) is 0 Å². The van der Waals surface area contributed by atoms with Crippen LogP contribution < -0.4 is 5.73 Å². The molecular weight excluding hydrogens is 240 g/mol. The Bertz CT molecular complexity index is 514. The average Bonchev–Trinajstić information content (AvgIpc) is 2.80. The van der Waals surface area contributed by atoms with Crippen molar-refractivity contribution in [3.63, 3.8) is 0 Å². The molecule has 0 saturated heterocycles. The number of rotatable bonds is 4. The van der Waals surface area contributed by atoms with Crippen molar-refractivity contribution >= 4 is 11.3 Å². The normalized spacial score (nSPS) is 12.7. The summed E-state index contributed by atoms with van der Waals surface area (Å²) >= 11 is 1.76. The highest BCUT2D eigenvalue weighted by molar-refractivity contribution is 7.12. The monoisotopic (exact) mass is 260 g/mol. The van der Waals surface area contributed by atoms with Crippen LogP contribution in [-0.4, -0.2) is 11.5 Å². The third kappa shape index (κ3) is 2.62. The maximum atomic E-state index is 5.71. The molecule has 0 spiro atoms. The minimum atomic E-state index is 0.345. The largest absolute Gasteiger partial charge is 0.330 e. The minimum Gasteiger partial charge on any atom is -0.330 e. The van der Waals surface area contributed by atoms with E-state index in [9.17, 15) is 0 Å². The maximum absolute atomic E-state index is 5.71. The lowest BCUT2D eigenvalue weighted by atomic mass is 10.1. The van der Waals surface area contributed by atoms with Crippen molar-refractivity contribution in [2.75, 3.05) is 6.54 Å². The van der Waals surface area contributed by atoms with E-state index in [2.05, 4.69) is 45.0 Å². The highest BCUT2D eigenvalue weighted by Gasteiger charge is 2.13. The molecule has 3 heteroatoms. The fraction of sp³-hybridized carbons (Fsp3) is 0.400. The molecule has 1 atom stereocenters. The van der Waals surface area contributed by atoms with Crippen LogP contribution in [-0.2, 0) is 6.42 Å². The van der Waals surface area contributed by atoms with Gasteiger partial charge >= 0.3 is 0 Å². The molecule has 1 heterocycles. The molecule has 0 aliphatic rings. The van der Waals surface area contributed by atoms with Crippen molar-refractivity contribution in [2.24, 2.45) is 5.73 Å². The lowest BCUT2D eigenvalue weighted by molar-refractivity contribution is 0.766. The van der Waals surface area contributed by atoms with E-state index in [1.807, 2.05) is 0 Å². The van der Waals surface area contributed by atoms with Gasteiger partial charge in [0.25, 0.3) is 0 Å². The van der Waals surface area contributed by atoms with Crippen molar-refractivity contribution in [3.8, 4) is 11.3 Å². The van der Waals surface area contributed by atoms with Gasteiger partial charge in [-0.2, -0.15) is 0 Å². The van der Waals surface area contributed by atoms with E-state index in [4.69, 9.17) is 10.7 Å². The molecule has 2 rings (SSSR count). The lowest BCUT2D eigenvalue weighted by Crippen LogP contribution is -2.08. The van der Waals surface area contributed by atoms with Gasteiger partial charge in [-0.05, 0) is 18.9 Å². The third-order valence-electron chi connectivity index (χ3n) is 3.22. The molecule has 0 saturated carbocycles. The van der Waals surface area contributed by atoms with Crippen LogP contribution in [0.2, 0.25) is 0 Å². The van der Waals surface area contributed by atoms with Crippen LogP contribution in [0.5, 0.6) is 0 Å². The lowest BCUT2D eigenvalue weighted by Gasteiger charge is -2.03. The summed E-state index contributed by atoms with van der Waals surface area (Å²) in [6.07, 6.45) is 1.08. The number of hydrogen-bond donors (Lipinski definition) is 1. The van der Waals surface area contributed by atoms with Gasteiger partial charge in [-0.25, -0.2) is 4.98 Å². The summed E-state index contributed by atoms with van der Waals surface area (Å²) in [5.41, 5.74) is 9.38. The van der Waals surface area contributed by atoms with E-state index in [-0.39, 0.29) is 0 Å². The second-order valence-electron chi connectivity index (χ2n) is 4.64. The Labute approximate surface area is 113 Å². The van der Waals surface area contributed by atoms with Gasteiger partial charge in [0.05, 0.1) is 10.7 Å². The molecule has 1 aromatic carbocycles. The van der Waals surface area contributed by atoms with E-state index < -0.39 is 0 Å². The van der Waals surface area contributed by atoms with Gasteiger partial charge in [-0.15, -0.1) is 11.3 Å². The minimum absolute atomic E-state index is 0.345. The van der Waals surface area contributed by atoms with Crippen LogP contribution in [0.4, 0.5) is 0 Å². The molecule has 0 amide bonds. The molecule has 2 N–H and O–H groups in total. The second-order valence-corrected chi connectivity index (χ2v) is 5.88. The molecule has 96 valence electrons. The summed E-state index contributed by atoms with van der Waals surface area (Å²) in [5.74, 6) is 0.345. The summed E-state index contributed by atoms with van der Waals surface area (Å²) < 4.78 is 0. The van der Waals surface area contributed by atoms with Crippen LogP contribution in [0.15, 0.2) is 24.3 Å². The molecule has 2 nitrogen and oxygen atoms in total. The van der Waals surface area contributed by atoms with Crippen LogP contribution in [0, 0.1) is 6.92 Å². The molecule has 1 unspecified atom stereocenters. The van der Waals surface area contributed by atoms with E-state index in [0.29, 0.717) is 12.5 Å². The zero-order chi connectivity index (χ0) is 13.1. The number of thiazole rings is 1. The van der Waals surface area contributed by atoms with Gasteiger partial charge in [0.2, 0.25) is 0 Å². The van der Waals surface area contributed by atoms with Crippen molar-refractivity contribution in [1.82, 2.24) is 4.98 Å². The van der Waals surface area contributed by atoms with Crippen LogP contribution in [0.3, 0.4) is 0 Å². The van der Waals surface area contributed by atoms with E-state index >= 15 is 0 Å². The van der Waals surface area contributed by atoms with Crippen molar-refractivity contribution in [2.45, 2.75) is 33.1 Å². The van der Waals surface area contributed by atoms with Crippen LogP contribution in [0.25, 0.3) is 11.3 Å². The third-order valence-corrected chi connectivity index (χ3v) is 4.43. The quantitative estimate of drug-likeness (QED) is 0.909. The second kappa shape index (κ2) is 5.63. The summed E-state index contributed by atoms with van der Waals surface area (Å²) in [6.45, 7) is 7.08. The summed E-state index contributed by atoms with van der Waals surface area (Å²) in [4.78, 5) is 6.02. The Kier molecular flexibility index (Phi) is 4.15. The first-order valence-corrected chi connectivity index (χ1v) is 7.24. The van der Waals surface area contributed by atoms with E-state index in [0.717, 1.165) is 17.1 Å². The molecule has 0 fully saturated rings. The molecule has 0 aliphatic heterocycles. The summed E-state index contributed by atoms with van der Waals surface area (Å²) in [7, 11) is 0. The highest BCUT2D eigenvalue weighted by atomic mass is 32.1. The van der Waals surface area contributed by atoms with Gasteiger partial charge in [-0.1, -0.05) is 38.1 Å². The predicted octanol–water partition coefficient (Wildman–Crippen LogP) is 3.74. The van der Waals surface area contributed by atoms with Crippen molar-refractivity contribution in [3.05, 3.63) is 39.7 Å². The van der Waals surface area contributed by atoms with Crippen molar-refractivity contribution in [1.29, 1.82) is 0 Å². The molecule has 0 aliphatic carbocycles. The first-order chi connectivity index (χ1) is 8.65. The van der Waals surface area contributed by atoms with E-state index in [1.54, 1.807) is 11.3 Å². The highest BCUT2D eigenvalue weighted by Crippen LogP contribution is 2.31. The summed E-state index contributed by atoms with van der Waals surface area (Å²) in [6, 6.07) is 8.69. The van der Waals surface area contributed by atoms with Crippen molar-refractivity contribution < 1.29 is 0 Å². The Hall–Kier alpha value is -1.19. The van der Waals surface area contributed by atoms with E-state index in [1.165, 1.54) is 16.0 Å². The van der Waals surface area contributed by atoms with Crippen LogP contribution >= 0.6 is 11.3 Å². The number of aromatic nitrogens is 1. The fourth-order valence-corrected chi connectivity index (χ4v) is 2.90. The maximum Gasteiger partial charge on any atom is 0.0976 e. The Morgan fingerprint density at radius 2 is 1.94 bits per heavy atom. The molecule has 0 radical (unpaired) electrons. The van der Waals surface area contributed by atoms with Gasteiger partial charge in [0.1, 0.15) is 0 Å². The molecule has 1 aromatic heterocycles. The topological polar surface area (TPSA) is 38.9 Å². The predicted molar refractivity (Wildman–Crippen MR) is 79.1 cm³/mol. The Morgan fingerprint density at radius 1 is 1.28 bits per heavy atom. The van der Waals surface area contributed by atoms with Gasteiger partial charge in [-0.3, -0.25) is 0 Å². The average molecular weight is 260 g/mol. The van der Waals surface area contributed by atoms with Crippen LogP contribution in [0.1, 0.15) is 35.2 Å². The van der Waals surface area contributed by atoms with Gasteiger partial charge < -0.3 is 5.73 Å². The molecule has 2 aromatic rings. The first-order valence-electron chi connectivity index (χ1n) is 6.42.